The third-order valence-electron chi connectivity index (χ3n) is 4.83. The van der Waals surface area contributed by atoms with Crippen LogP contribution < -0.4 is 0 Å². The van der Waals surface area contributed by atoms with Crippen molar-refractivity contribution in [2.45, 2.75) is 32.9 Å². The van der Waals surface area contributed by atoms with Crippen LogP contribution in [0, 0.1) is 0 Å². The van der Waals surface area contributed by atoms with Gasteiger partial charge in [-0.05, 0) is 34.7 Å². The molecule has 0 N–H and O–H groups in total. The molecule has 2 aromatic carbocycles. The molecule has 0 aliphatic carbocycles. The van der Waals surface area contributed by atoms with Crippen LogP contribution in [0.25, 0.3) is 11.4 Å². The summed E-state index contributed by atoms with van der Waals surface area (Å²) >= 11 is 0. The van der Waals surface area contributed by atoms with Crippen LogP contribution in [0.1, 0.15) is 23.6 Å². The first-order valence-corrected chi connectivity index (χ1v) is 8.94. The van der Waals surface area contributed by atoms with E-state index in [9.17, 15) is 4.79 Å². The maximum absolute atomic E-state index is 12.6. The molecule has 1 aliphatic rings. The highest BCUT2D eigenvalue weighted by Crippen LogP contribution is 2.19. The molecule has 0 radical (unpaired) electrons. The van der Waals surface area contributed by atoms with Gasteiger partial charge in [-0.1, -0.05) is 55.5 Å². The predicted molar refractivity (Wildman–Crippen MR) is 98.2 cm³/mol. The summed E-state index contributed by atoms with van der Waals surface area (Å²) < 4.78 is 0. The second kappa shape index (κ2) is 7.07. The van der Waals surface area contributed by atoms with Gasteiger partial charge in [0.2, 0.25) is 11.7 Å². The molecule has 132 valence electrons. The number of hydrogen-bond acceptors (Lipinski definition) is 4. The van der Waals surface area contributed by atoms with Crippen molar-refractivity contribution < 1.29 is 4.79 Å². The standard InChI is InChI=1S/C20H21N5O/c1-2-15-7-9-17(10-8-15)20-21-23-25(22-20)14-19(26)24-12-11-16-5-3-4-6-18(16)13-24/h3-10H,2,11-14H2,1H3. The third kappa shape index (κ3) is 3.35. The summed E-state index contributed by atoms with van der Waals surface area (Å²) in [5.74, 6) is 0.564. The zero-order valence-corrected chi connectivity index (χ0v) is 14.8. The van der Waals surface area contributed by atoms with Gasteiger partial charge in [0, 0.05) is 18.7 Å². The predicted octanol–water partition coefficient (Wildman–Crippen LogP) is 2.49. The van der Waals surface area contributed by atoms with E-state index in [1.54, 1.807) is 0 Å². The fraction of sp³-hybridized carbons (Fsp3) is 0.300. The number of carbonyl (C=O) groups excluding carboxylic acids is 1. The molecule has 1 aliphatic heterocycles. The summed E-state index contributed by atoms with van der Waals surface area (Å²) in [4.78, 5) is 15.8. The van der Waals surface area contributed by atoms with Crippen LogP contribution >= 0.6 is 0 Å². The first-order valence-electron chi connectivity index (χ1n) is 8.94. The highest BCUT2D eigenvalue weighted by molar-refractivity contribution is 5.76. The molecular formula is C20H21N5O. The highest BCUT2D eigenvalue weighted by Gasteiger charge is 2.21. The molecule has 6 heteroatoms. The molecule has 1 amide bonds. The molecule has 0 saturated carbocycles. The summed E-state index contributed by atoms with van der Waals surface area (Å²) in [7, 11) is 0. The molecule has 0 bridgehead atoms. The van der Waals surface area contributed by atoms with Gasteiger partial charge in [-0.15, -0.1) is 10.2 Å². The summed E-state index contributed by atoms with van der Waals surface area (Å²) in [6, 6.07) is 16.4. The molecule has 0 fully saturated rings. The van der Waals surface area contributed by atoms with E-state index in [-0.39, 0.29) is 12.5 Å². The van der Waals surface area contributed by atoms with E-state index in [0.717, 1.165) is 24.9 Å². The summed E-state index contributed by atoms with van der Waals surface area (Å²) in [6.07, 6.45) is 1.88. The number of rotatable bonds is 4. The molecule has 3 aromatic rings. The summed E-state index contributed by atoms with van der Waals surface area (Å²) in [6.45, 7) is 3.61. The van der Waals surface area contributed by atoms with E-state index in [0.29, 0.717) is 12.4 Å². The van der Waals surface area contributed by atoms with Crippen LogP contribution in [0.5, 0.6) is 0 Å². The van der Waals surface area contributed by atoms with Gasteiger partial charge in [-0.25, -0.2) is 0 Å². The Morgan fingerprint density at radius 3 is 2.62 bits per heavy atom. The van der Waals surface area contributed by atoms with E-state index in [1.165, 1.54) is 21.5 Å². The first-order chi connectivity index (χ1) is 12.7. The van der Waals surface area contributed by atoms with Crippen molar-refractivity contribution in [1.29, 1.82) is 0 Å². The monoisotopic (exact) mass is 347 g/mol. The lowest BCUT2D eigenvalue weighted by atomic mass is 10.00. The van der Waals surface area contributed by atoms with Gasteiger partial charge in [0.15, 0.2) is 0 Å². The van der Waals surface area contributed by atoms with Gasteiger partial charge >= 0.3 is 0 Å². The third-order valence-corrected chi connectivity index (χ3v) is 4.83. The van der Waals surface area contributed by atoms with Gasteiger partial charge < -0.3 is 4.90 Å². The van der Waals surface area contributed by atoms with Crippen molar-refractivity contribution in [3.8, 4) is 11.4 Å². The normalized spacial score (nSPS) is 13.5. The molecule has 0 saturated heterocycles. The van der Waals surface area contributed by atoms with Crippen molar-refractivity contribution >= 4 is 5.91 Å². The fourth-order valence-electron chi connectivity index (χ4n) is 3.24. The maximum atomic E-state index is 12.6. The van der Waals surface area contributed by atoms with E-state index < -0.39 is 0 Å². The van der Waals surface area contributed by atoms with Crippen molar-refractivity contribution in [1.82, 2.24) is 25.1 Å². The van der Waals surface area contributed by atoms with Crippen LogP contribution in [-0.2, 0) is 30.7 Å². The van der Waals surface area contributed by atoms with Gasteiger partial charge in [0.05, 0.1) is 0 Å². The molecular weight excluding hydrogens is 326 g/mol. The van der Waals surface area contributed by atoms with Crippen LogP contribution in [0.4, 0.5) is 0 Å². The number of aryl methyl sites for hydroxylation is 1. The first kappa shape index (κ1) is 16.4. The van der Waals surface area contributed by atoms with Gasteiger partial charge in [-0.2, -0.15) is 4.80 Å². The number of amides is 1. The number of fused-ring (bicyclic) bond motifs is 1. The molecule has 6 nitrogen and oxygen atoms in total. The summed E-state index contributed by atoms with van der Waals surface area (Å²) in [5.41, 5.74) is 4.72. The number of nitrogens with zero attached hydrogens (tertiary/aromatic N) is 5. The lowest BCUT2D eigenvalue weighted by Crippen LogP contribution is -2.38. The van der Waals surface area contributed by atoms with Crippen LogP contribution in [0.15, 0.2) is 48.5 Å². The van der Waals surface area contributed by atoms with E-state index in [4.69, 9.17) is 0 Å². The lowest BCUT2D eigenvalue weighted by Gasteiger charge is -2.28. The quantitative estimate of drug-likeness (QED) is 0.727. The van der Waals surface area contributed by atoms with Crippen molar-refractivity contribution in [2.24, 2.45) is 0 Å². The molecule has 0 unspecified atom stereocenters. The molecule has 4 rings (SSSR count). The Bertz CT molecular complexity index is 916. The topological polar surface area (TPSA) is 63.9 Å². The average molecular weight is 347 g/mol. The SMILES string of the molecule is CCc1ccc(-c2nnn(CC(=O)N3CCc4ccccc4C3)n2)cc1. The number of tetrazole rings is 1. The fourth-order valence-corrected chi connectivity index (χ4v) is 3.24. The largest absolute Gasteiger partial charge is 0.336 e. The number of benzene rings is 2. The van der Waals surface area contributed by atoms with E-state index in [1.807, 2.05) is 29.2 Å². The number of aromatic nitrogens is 4. The molecule has 26 heavy (non-hydrogen) atoms. The van der Waals surface area contributed by atoms with Crippen molar-refractivity contribution in [3.05, 3.63) is 65.2 Å². The second-order valence-electron chi connectivity index (χ2n) is 6.53. The minimum Gasteiger partial charge on any atom is -0.336 e. The number of carbonyl (C=O) groups is 1. The van der Waals surface area contributed by atoms with Gasteiger partial charge in [0.1, 0.15) is 6.54 Å². The lowest BCUT2D eigenvalue weighted by molar-refractivity contribution is -0.133. The molecule has 1 aromatic heterocycles. The number of hydrogen-bond donors (Lipinski definition) is 0. The maximum Gasteiger partial charge on any atom is 0.246 e. The molecule has 0 atom stereocenters. The van der Waals surface area contributed by atoms with E-state index in [2.05, 4.69) is 46.6 Å². The summed E-state index contributed by atoms with van der Waals surface area (Å²) in [5, 5.41) is 12.5. The highest BCUT2D eigenvalue weighted by atomic mass is 16.2. The Kier molecular flexibility index (Phi) is 4.48. The zero-order valence-electron chi connectivity index (χ0n) is 14.8. The van der Waals surface area contributed by atoms with Gasteiger partial charge in [0.25, 0.3) is 0 Å². The van der Waals surface area contributed by atoms with Crippen molar-refractivity contribution in [2.75, 3.05) is 6.54 Å². The Balaban J connectivity index is 1.43. The second-order valence-corrected chi connectivity index (χ2v) is 6.53. The minimum atomic E-state index is 0.0183. The molecule has 2 heterocycles. The zero-order chi connectivity index (χ0) is 17.9. The molecule has 0 spiro atoms. The van der Waals surface area contributed by atoms with Crippen LogP contribution in [0.3, 0.4) is 0 Å². The smallest absolute Gasteiger partial charge is 0.246 e. The van der Waals surface area contributed by atoms with Crippen LogP contribution in [0.2, 0.25) is 0 Å². The Hall–Kier alpha value is -3.02. The van der Waals surface area contributed by atoms with Gasteiger partial charge in [-0.3, -0.25) is 4.79 Å². The van der Waals surface area contributed by atoms with E-state index >= 15 is 0 Å². The van der Waals surface area contributed by atoms with Crippen molar-refractivity contribution in [3.63, 3.8) is 0 Å². The Labute approximate surface area is 152 Å². The van der Waals surface area contributed by atoms with Crippen LogP contribution in [-0.4, -0.2) is 37.6 Å². The Morgan fingerprint density at radius 2 is 1.85 bits per heavy atom. The Morgan fingerprint density at radius 1 is 1.08 bits per heavy atom. The average Bonchev–Trinajstić information content (AvgIpc) is 3.16. The minimum absolute atomic E-state index is 0.0183.